The summed E-state index contributed by atoms with van der Waals surface area (Å²) in [7, 11) is 0. The Bertz CT molecular complexity index is 638. The fourth-order valence-electron chi connectivity index (χ4n) is 1.68. The Labute approximate surface area is 114 Å². The molecule has 2 aromatic rings. The molecule has 0 aliphatic rings. The van der Waals surface area contributed by atoms with Crippen molar-refractivity contribution < 1.29 is 10.0 Å². The van der Waals surface area contributed by atoms with Crippen molar-refractivity contribution in [3.05, 3.63) is 34.1 Å². The number of nitro benzene ring substituents is 1. The number of H-pyrrole nitrogens is 1. The van der Waals surface area contributed by atoms with Gasteiger partial charge in [0.1, 0.15) is 5.82 Å². The second-order valence-electron chi connectivity index (χ2n) is 4.77. The van der Waals surface area contributed by atoms with Gasteiger partial charge in [-0.1, -0.05) is 13.8 Å². The summed E-state index contributed by atoms with van der Waals surface area (Å²) < 4.78 is 0. The van der Waals surface area contributed by atoms with Gasteiger partial charge in [0.05, 0.1) is 11.0 Å². The number of aromatic amines is 1. The molecule has 2 rings (SSSR count). The number of rotatable bonds is 4. The molecule has 1 atom stereocenters. The maximum atomic E-state index is 10.8. The molecule has 0 fully saturated rings. The van der Waals surface area contributed by atoms with Gasteiger partial charge in [-0.25, -0.2) is 4.98 Å². The molecule has 1 aromatic carbocycles. The fraction of sp³-hybridized carbons (Fsp3) is 0.333. The Morgan fingerprint density at radius 1 is 1.45 bits per heavy atom. The summed E-state index contributed by atoms with van der Waals surface area (Å²) in [4.78, 5) is 14.4. The molecule has 0 aliphatic heterocycles. The van der Waals surface area contributed by atoms with Gasteiger partial charge in [-0.3, -0.25) is 15.2 Å². The molecule has 0 unspecified atom stereocenters. The summed E-state index contributed by atoms with van der Waals surface area (Å²) in [6.07, 6.45) is 0. The molecular weight excluding hydrogens is 262 g/mol. The van der Waals surface area contributed by atoms with Crippen molar-refractivity contribution in [1.82, 2.24) is 15.2 Å². The Kier molecular flexibility index (Phi) is 3.66. The lowest BCUT2D eigenvalue weighted by molar-refractivity contribution is -0.385. The van der Waals surface area contributed by atoms with E-state index in [0.717, 1.165) is 0 Å². The van der Waals surface area contributed by atoms with E-state index in [-0.39, 0.29) is 17.6 Å². The minimum atomic E-state index is -0.660. The maximum Gasteiger partial charge on any atom is 0.311 e. The lowest BCUT2D eigenvalue weighted by Crippen LogP contribution is -2.18. The van der Waals surface area contributed by atoms with E-state index < -0.39 is 10.7 Å². The molecule has 8 heteroatoms. The number of nitro groups is 1. The topological polar surface area (TPSA) is 131 Å². The number of nitrogens with zero attached hydrogens (tertiary/aromatic N) is 3. The molecule has 0 spiro atoms. The molecule has 1 heterocycles. The predicted octanol–water partition coefficient (Wildman–Crippen LogP) is 1.74. The van der Waals surface area contributed by atoms with Gasteiger partial charge in [-0.2, -0.15) is 5.10 Å². The number of benzene rings is 1. The third kappa shape index (κ3) is 2.59. The summed E-state index contributed by atoms with van der Waals surface area (Å²) in [6, 6.07) is 3.69. The average Bonchev–Trinajstić information content (AvgIpc) is 2.87. The van der Waals surface area contributed by atoms with Crippen molar-refractivity contribution in [3.8, 4) is 17.1 Å². The molecule has 4 N–H and O–H groups in total. The van der Waals surface area contributed by atoms with E-state index in [1.54, 1.807) is 0 Å². The average molecular weight is 277 g/mol. The number of aromatic hydroxyl groups is 1. The smallest absolute Gasteiger partial charge is 0.311 e. The van der Waals surface area contributed by atoms with Gasteiger partial charge in [-0.05, 0) is 18.1 Å². The fourth-order valence-corrected chi connectivity index (χ4v) is 1.68. The molecule has 106 valence electrons. The van der Waals surface area contributed by atoms with Crippen LogP contribution in [0, 0.1) is 16.0 Å². The molecule has 20 heavy (non-hydrogen) atoms. The molecule has 0 bridgehead atoms. The zero-order chi connectivity index (χ0) is 14.9. The minimum Gasteiger partial charge on any atom is -0.502 e. The van der Waals surface area contributed by atoms with Gasteiger partial charge in [-0.15, -0.1) is 0 Å². The first kappa shape index (κ1) is 13.9. The van der Waals surface area contributed by atoms with Gasteiger partial charge in [0.15, 0.2) is 11.6 Å². The normalized spacial score (nSPS) is 12.6. The second-order valence-corrected chi connectivity index (χ2v) is 4.77. The first-order valence-corrected chi connectivity index (χ1v) is 6.05. The predicted molar refractivity (Wildman–Crippen MR) is 71.9 cm³/mol. The van der Waals surface area contributed by atoms with Gasteiger partial charge in [0.2, 0.25) is 0 Å². The number of nitrogens with two attached hydrogens (primary N) is 1. The van der Waals surface area contributed by atoms with E-state index in [9.17, 15) is 15.2 Å². The largest absolute Gasteiger partial charge is 0.502 e. The number of phenolic OH excluding ortho intramolecular Hbond substituents is 1. The van der Waals surface area contributed by atoms with Crippen molar-refractivity contribution in [2.75, 3.05) is 0 Å². The summed E-state index contributed by atoms with van der Waals surface area (Å²) >= 11 is 0. The van der Waals surface area contributed by atoms with Gasteiger partial charge < -0.3 is 10.8 Å². The van der Waals surface area contributed by atoms with Crippen LogP contribution in [0.3, 0.4) is 0 Å². The van der Waals surface area contributed by atoms with Crippen LogP contribution in [0.5, 0.6) is 5.75 Å². The van der Waals surface area contributed by atoms with Crippen molar-refractivity contribution in [2.45, 2.75) is 19.9 Å². The molecule has 0 amide bonds. The number of nitrogens with one attached hydrogen (secondary N) is 1. The van der Waals surface area contributed by atoms with Gasteiger partial charge in [0, 0.05) is 11.6 Å². The van der Waals surface area contributed by atoms with Crippen LogP contribution in [0.2, 0.25) is 0 Å². The molecular formula is C12H15N5O3. The molecule has 0 saturated heterocycles. The zero-order valence-corrected chi connectivity index (χ0v) is 11.1. The summed E-state index contributed by atoms with van der Waals surface area (Å²) in [5.41, 5.74) is 6.00. The van der Waals surface area contributed by atoms with Crippen molar-refractivity contribution in [2.24, 2.45) is 11.7 Å². The molecule has 0 radical (unpaired) electrons. The lowest BCUT2D eigenvalue weighted by atomic mass is 10.1. The third-order valence-corrected chi connectivity index (χ3v) is 2.97. The highest BCUT2D eigenvalue weighted by atomic mass is 16.6. The van der Waals surface area contributed by atoms with E-state index in [1.807, 2.05) is 13.8 Å². The van der Waals surface area contributed by atoms with Gasteiger partial charge >= 0.3 is 5.69 Å². The summed E-state index contributed by atoms with van der Waals surface area (Å²) in [6.45, 7) is 3.91. The minimum absolute atomic E-state index is 0.185. The lowest BCUT2D eigenvalue weighted by Gasteiger charge is -2.11. The molecule has 0 saturated carbocycles. The van der Waals surface area contributed by atoms with E-state index in [0.29, 0.717) is 17.2 Å². The van der Waals surface area contributed by atoms with Crippen LogP contribution in [0.15, 0.2) is 18.2 Å². The number of hydrogen-bond acceptors (Lipinski definition) is 6. The first-order valence-electron chi connectivity index (χ1n) is 6.05. The maximum absolute atomic E-state index is 10.8. The second kappa shape index (κ2) is 5.25. The third-order valence-electron chi connectivity index (χ3n) is 2.97. The van der Waals surface area contributed by atoms with E-state index in [1.165, 1.54) is 18.2 Å². The molecule has 0 aliphatic carbocycles. The van der Waals surface area contributed by atoms with Gasteiger partial charge in [0.25, 0.3) is 0 Å². The Balaban J connectivity index is 2.38. The number of aromatic nitrogens is 3. The molecule has 8 nitrogen and oxygen atoms in total. The van der Waals surface area contributed by atoms with E-state index >= 15 is 0 Å². The van der Waals surface area contributed by atoms with Crippen molar-refractivity contribution in [3.63, 3.8) is 0 Å². The summed E-state index contributed by atoms with van der Waals surface area (Å²) in [5, 5.41) is 26.9. The van der Waals surface area contributed by atoms with Crippen LogP contribution < -0.4 is 5.73 Å². The molecule has 1 aromatic heterocycles. The Hall–Kier alpha value is -2.48. The van der Waals surface area contributed by atoms with Crippen LogP contribution in [-0.2, 0) is 0 Å². The van der Waals surface area contributed by atoms with Crippen LogP contribution in [-0.4, -0.2) is 25.2 Å². The number of hydrogen-bond donors (Lipinski definition) is 3. The Morgan fingerprint density at radius 2 is 2.15 bits per heavy atom. The highest BCUT2D eigenvalue weighted by Crippen LogP contribution is 2.30. The van der Waals surface area contributed by atoms with Crippen molar-refractivity contribution in [1.29, 1.82) is 0 Å². The van der Waals surface area contributed by atoms with Crippen LogP contribution in [0.25, 0.3) is 11.4 Å². The highest BCUT2D eigenvalue weighted by molar-refractivity contribution is 5.63. The monoisotopic (exact) mass is 277 g/mol. The Morgan fingerprint density at radius 3 is 2.75 bits per heavy atom. The standard InChI is InChI=1S/C12H15N5O3/c1-6(2)10(13)12-14-11(15-16-12)7-3-4-9(18)8(5-7)17(19)20/h3-6,10,18H,13H2,1-2H3,(H,14,15,16)/t10-/m0/s1. The zero-order valence-electron chi connectivity index (χ0n) is 11.1. The SMILES string of the molecule is CC(C)[C@H](N)c1nc(-c2ccc(O)c([N+](=O)[O-])c2)n[nH]1. The van der Waals surface area contributed by atoms with Crippen LogP contribution >= 0.6 is 0 Å². The van der Waals surface area contributed by atoms with Crippen LogP contribution in [0.1, 0.15) is 25.7 Å². The van der Waals surface area contributed by atoms with Crippen molar-refractivity contribution >= 4 is 5.69 Å². The quantitative estimate of drug-likeness (QED) is 0.576. The number of phenols is 1. The first-order chi connectivity index (χ1) is 9.40. The van der Waals surface area contributed by atoms with E-state index in [4.69, 9.17) is 5.73 Å². The van der Waals surface area contributed by atoms with Crippen LogP contribution in [0.4, 0.5) is 5.69 Å². The highest BCUT2D eigenvalue weighted by Gasteiger charge is 2.19. The van der Waals surface area contributed by atoms with E-state index in [2.05, 4.69) is 15.2 Å². The summed E-state index contributed by atoms with van der Waals surface area (Å²) in [5.74, 6) is 0.614.